The number of anilines is 1. The maximum atomic E-state index is 13.1. The first-order chi connectivity index (χ1) is 14.1. The second-order valence-corrected chi connectivity index (χ2v) is 7.87. The zero-order chi connectivity index (χ0) is 20.5. The van der Waals surface area contributed by atoms with E-state index in [0.717, 1.165) is 62.9 Å². The van der Waals surface area contributed by atoms with E-state index in [1.165, 1.54) is 5.56 Å². The van der Waals surface area contributed by atoms with E-state index < -0.39 is 0 Å². The molecule has 2 amide bonds. The van der Waals surface area contributed by atoms with E-state index in [0.29, 0.717) is 13.0 Å². The number of fused-ring (bicyclic) bond motifs is 1. The number of hydrogen-bond acceptors (Lipinski definition) is 2. The van der Waals surface area contributed by atoms with E-state index >= 15 is 0 Å². The molecule has 0 fully saturated rings. The SMILES string of the molecule is CC(=O)N1CCCCCCCN(C(=O)CCc2ccccc2)Cc2ccccc21. The zero-order valence-corrected chi connectivity index (χ0v) is 17.5. The molecule has 4 heteroatoms. The standard InChI is InChI=1S/C25H32N2O2/c1-21(28)27-19-11-4-2-3-10-18-26(20-23-14-8-9-15-24(23)27)25(29)17-16-22-12-6-5-7-13-22/h5-9,12-15H,2-4,10-11,16-20H2,1H3. The third-order valence-corrected chi connectivity index (χ3v) is 5.66. The summed E-state index contributed by atoms with van der Waals surface area (Å²) >= 11 is 0. The quantitative estimate of drug-likeness (QED) is 0.740. The number of aryl methyl sites for hydroxylation is 1. The molecule has 0 N–H and O–H groups in total. The minimum Gasteiger partial charge on any atom is -0.338 e. The molecule has 0 atom stereocenters. The van der Waals surface area contributed by atoms with Crippen molar-refractivity contribution in [3.05, 3.63) is 65.7 Å². The van der Waals surface area contributed by atoms with Crippen LogP contribution in [0.5, 0.6) is 0 Å². The number of hydrogen-bond donors (Lipinski definition) is 0. The monoisotopic (exact) mass is 392 g/mol. The molecule has 0 unspecified atom stereocenters. The van der Waals surface area contributed by atoms with Crippen LogP contribution in [0.25, 0.3) is 0 Å². The van der Waals surface area contributed by atoms with Gasteiger partial charge in [-0.2, -0.15) is 0 Å². The van der Waals surface area contributed by atoms with Crippen LogP contribution in [0, 0.1) is 0 Å². The molecular weight excluding hydrogens is 360 g/mol. The van der Waals surface area contributed by atoms with Crippen molar-refractivity contribution in [2.24, 2.45) is 0 Å². The van der Waals surface area contributed by atoms with Gasteiger partial charge in [-0.3, -0.25) is 9.59 Å². The number of rotatable bonds is 3. The summed E-state index contributed by atoms with van der Waals surface area (Å²) in [6.45, 7) is 3.72. The van der Waals surface area contributed by atoms with Crippen LogP contribution in [0.3, 0.4) is 0 Å². The molecule has 1 aliphatic heterocycles. The van der Waals surface area contributed by atoms with E-state index in [-0.39, 0.29) is 11.8 Å². The highest BCUT2D eigenvalue weighted by atomic mass is 16.2. The fourth-order valence-electron chi connectivity index (χ4n) is 4.01. The Morgan fingerprint density at radius 2 is 1.48 bits per heavy atom. The molecule has 1 aliphatic rings. The lowest BCUT2D eigenvalue weighted by atomic mass is 10.1. The summed E-state index contributed by atoms with van der Waals surface area (Å²) in [6, 6.07) is 18.2. The largest absolute Gasteiger partial charge is 0.338 e. The van der Waals surface area contributed by atoms with Gasteiger partial charge in [0.1, 0.15) is 0 Å². The molecule has 0 radical (unpaired) electrons. The highest BCUT2D eigenvalue weighted by molar-refractivity contribution is 5.92. The molecule has 3 rings (SSSR count). The topological polar surface area (TPSA) is 40.6 Å². The third-order valence-electron chi connectivity index (χ3n) is 5.66. The Kier molecular flexibility index (Phi) is 7.85. The van der Waals surface area contributed by atoms with Crippen molar-refractivity contribution in [2.45, 2.75) is 58.4 Å². The molecule has 2 aromatic rings. The Morgan fingerprint density at radius 1 is 0.828 bits per heavy atom. The fraction of sp³-hybridized carbons (Fsp3) is 0.440. The predicted molar refractivity (Wildman–Crippen MR) is 118 cm³/mol. The van der Waals surface area contributed by atoms with Crippen molar-refractivity contribution in [1.82, 2.24) is 4.90 Å². The highest BCUT2D eigenvalue weighted by Gasteiger charge is 2.20. The molecular formula is C25H32N2O2. The first kappa shape index (κ1) is 21.1. The van der Waals surface area contributed by atoms with Gasteiger partial charge in [-0.15, -0.1) is 0 Å². The van der Waals surface area contributed by atoms with Crippen LogP contribution in [0.1, 0.15) is 56.6 Å². The maximum Gasteiger partial charge on any atom is 0.223 e. The van der Waals surface area contributed by atoms with Crippen molar-refractivity contribution in [1.29, 1.82) is 0 Å². The number of benzene rings is 2. The second kappa shape index (κ2) is 10.8. The number of amides is 2. The molecule has 29 heavy (non-hydrogen) atoms. The zero-order valence-electron chi connectivity index (χ0n) is 17.5. The summed E-state index contributed by atoms with van der Waals surface area (Å²) in [5.74, 6) is 0.256. The van der Waals surface area contributed by atoms with E-state index in [9.17, 15) is 9.59 Å². The molecule has 0 saturated heterocycles. The molecule has 4 nitrogen and oxygen atoms in total. The normalized spacial score (nSPS) is 15.8. The Bertz CT molecular complexity index is 803. The predicted octanol–water partition coefficient (Wildman–Crippen LogP) is 4.97. The average Bonchev–Trinajstić information content (AvgIpc) is 2.73. The van der Waals surface area contributed by atoms with Gasteiger partial charge in [0.15, 0.2) is 0 Å². The van der Waals surface area contributed by atoms with Gasteiger partial charge >= 0.3 is 0 Å². The van der Waals surface area contributed by atoms with Crippen LogP contribution in [0.15, 0.2) is 54.6 Å². The molecule has 0 spiro atoms. The summed E-state index contributed by atoms with van der Waals surface area (Å²) in [7, 11) is 0. The Morgan fingerprint density at radius 3 is 2.24 bits per heavy atom. The molecule has 0 bridgehead atoms. The summed E-state index contributed by atoms with van der Waals surface area (Å²) < 4.78 is 0. The summed E-state index contributed by atoms with van der Waals surface area (Å²) in [4.78, 5) is 29.2. The minimum atomic E-state index is 0.0662. The minimum absolute atomic E-state index is 0.0662. The Balaban J connectivity index is 1.78. The second-order valence-electron chi connectivity index (χ2n) is 7.87. The van der Waals surface area contributed by atoms with E-state index in [1.807, 2.05) is 46.2 Å². The average molecular weight is 393 g/mol. The molecule has 1 heterocycles. The van der Waals surface area contributed by atoms with Crippen molar-refractivity contribution in [3.63, 3.8) is 0 Å². The van der Waals surface area contributed by atoms with Gasteiger partial charge < -0.3 is 9.80 Å². The molecule has 154 valence electrons. The molecule has 0 aromatic heterocycles. The number of carbonyl (C=O) groups excluding carboxylic acids is 2. The maximum absolute atomic E-state index is 13.1. The van der Waals surface area contributed by atoms with Crippen LogP contribution in [0.4, 0.5) is 5.69 Å². The smallest absolute Gasteiger partial charge is 0.223 e. The number of carbonyl (C=O) groups is 2. The summed E-state index contributed by atoms with van der Waals surface area (Å²) in [5.41, 5.74) is 3.19. The lowest BCUT2D eigenvalue weighted by molar-refractivity contribution is -0.131. The van der Waals surface area contributed by atoms with E-state index in [1.54, 1.807) is 6.92 Å². The van der Waals surface area contributed by atoms with Crippen LogP contribution in [-0.4, -0.2) is 29.8 Å². The summed E-state index contributed by atoms with van der Waals surface area (Å²) in [5, 5.41) is 0. The van der Waals surface area contributed by atoms with Gasteiger partial charge in [0.2, 0.25) is 11.8 Å². The van der Waals surface area contributed by atoms with Crippen LogP contribution in [0.2, 0.25) is 0 Å². The van der Waals surface area contributed by atoms with Gasteiger partial charge in [-0.05, 0) is 36.5 Å². The molecule has 0 aliphatic carbocycles. The van der Waals surface area contributed by atoms with Crippen molar-refractivity contribution in [3.8, 4) is 0 Å². The highest BCUT2D eigenvalue weighted by Crippen LogP contribution is 2.24. The van der Waals surface area contributed by atoms with E-state index in [2.05, 4.69) is 18.2 Å². The lowest BCUT2D eigenvalue weighted by Gasteiger charge is -2.29. The molecule has 2 aromatic carbocycles. The van der Waals surface area contributed by atoms with Gasteiger partial charge in [-0.25, -0.2) is 0 Å². The first-order valence-corrected chi connectivity index (χ1v) is 10.8. The van der Waals surface area contributed by atoms with Gasteiger partial charge in [0, 0.05) is 38.7 Å². The van der Waals surface area contributed by atoms with Crippen molar-refractivity contribution < 1.29 is 9.59 Å². The van der Waals surface area contributed by atoms with Crippen LogP contribution in [-0.2, 0) is 22.6 Å². The van der Waals surface area contributed by atoms with Gasteiger partial charge in [0.25, 0.3) is 0 Å². The third kappa shape index (κ3) is 6.18. The van der Waals surface area contributed by atoms with Crippen LogP contribution >= 0.6 is 0 Å². The Labute approximate surface area is 174 Å². The number of para-hydroxylation sites is 1. The lowest BCUT2D eigenvalue weighted by Crippen LogP contribution is -2.34. The van der Waals surface area contributed by atoms with Crippen LogP contribution < -0.4 is 4.90 Å². The first-order valence-electron chi connectivity index (χ1n) is 10.8. The van der Waals surface area contributed by atoms with Gasteiger partial charge in [0.05, 0.1) is 0 Å². The Hall–Kier alpha value is -2.62. The van der Waals surface area contributed by atoms with Crippen molar-refractivity contribution >= 4 is 17.5 Å². The molecule has 0 saturated carbocycles. The summed E-state index contributed by atoms with van der Waals surface area (Å²) in [6.07, 6.45) is 6.74. The number of nitrogens with zero attached hydrogens (tertiary/aromatic N) is 2. The fourth-order valence-corrected chi connectivity index (χ4v) is 4.01. The van der Waals surface area contributed by atoms with E-state index in [4.69, 9.17) is 0 Å². The van der Waals surface area contributed by atoms with Crippen molar-refractivity contribution in [2.75, 3.05) is 18.0 Å². The van der Waals surface area contributed by atoms with Gasteiger partial charge in [-0.1, -0.05) is 67.8 Å².